The van der Waals surface area contributed by atoms with Gasteiger partial charge < -0.3 is 10.5 Å². The third-order valence-electron chi connectivity index (χ3n) is 2.98. The van der Waals surface area contributed by atoms with Gasteiger partial charge in [0.2, 0.25) is 0 Å². The number of rotatable bonds is 4. The molecule has 16 heavy (non-hydrogen) atoms. The number of ether oxygens (including phenoxy) is 1. The number of hydrogen-bond donors (Lipinski definition) is 1. The zero-order valence-electron chi connectivity index (χ0n) is 9.32. The standard InChI is InChI=1S/C13H17NO2/c14-12-6-2-1-5-11(12)13(15)8-7-10-4-3-9-16-10/h1-2,5-6,10H,3-4,7-9,14H2. The van der Waals surface area contributed by atoms with Gasteiger partial charge in [-0.05, 0) is 31.4 Å². The predicted molar refractivity (Wildman–Crippen MR) is 63.4 cm³/mol. The van der Waals surface area contributed by atoms with Crippen molar-refractivity contribution in [1.82, 2.24) is 0 Å². The number of carbonyl (C=O) groups excluding carboxylic acids is 1. The number of hydrogen-bond acceptors (Lipinski definition) is 3. The van der Waals surface area contributed by atoms with E-state index < -0.39 is 0 Å². The van der Waals surface area contributed by atoms with Crippen molar-refractivity contribution in [2.45, 2.75) is 31.8 Å². The average Bonchev–Trinajstić information content (AvgIpc) is 2.79. The van der Waals surface area contributed by atoms with Crippen LogP contribution in [0.25, 0.3) is 0 Å². The van der Waals surface area contributed by atoms with E-state index in [2.05, 4.69) is 0 Å². The maximum atomic E-state index is 11.9. The lowest BCUT2D eigenvalue weighted by molar-refractivity contribution is 0.0860. The van der Waals surface area contributed by atoms with Crippen LogP contribution in [-0.2, 0) is 4.74 Å². The van der Waals surface area contributed by atoms with Crippen molar-refractivity contribution in [1.29, 1.82) is 0 Å². The van der Waals surface area contributed by atoms with E-state index in [0.717, 1.165) is 25.9 Å². The molecule has 2 rings (SSSR count). The summed E-state index contributed by atoms with van der Waals surface area (Å²) in [4.78, 5) is 11.9. The largest absolute Gasteiger partial charge is 0.398 e. The minimum Gasteiger partial charge on any atom is -0.398 e. The Kier molecular flexibility index (Phi) is 3.57. The van der Waals surface area contributed by atoms with Crippen LogP contribution >= 0.6 is 0 Å². The lowest BCUT2D eigenvalue weighted by Crippen LogP contribution is -2.10. The fourth-order valence-electron chi connectivity index (χ4n) is 2.05. The van der Waals surface area contributed by atoms with E-state index in [1.165, 1.54) is 0 Å². The van der Waals surface area contributed by atoms with Gasteiger partial charge in [0.25, 0.3) is 0 Å². The molecule has 86 valence electrons. The highest BCUT2D eigenvalue weighted by molar-refractivity contribution is 6.00. The zero-order chi connectivity index (χ0) is 11.4. The fourth-order valence-corrected chi connectivity index (χ4v) is 2.05. The summed E-state index contributed by atoms with van der Waals surface area (Å²) in [6.07, 6.45) is 3.81. The van der Waals surface area contributed by atoms with Gasteiger partial charge in [0, 0.05) is 24.3 Å². The summed E-state index contributed by atoms with van der Waals surface area (Å²) in [6, 6.07) is 7.23. The molecule has 0 spiro atoms. The Morgan fingerprint density at radius 2 is 2.25 bits per heavy atom. The van der Waals surface area contributed by atoms with Gasteiger partial charge in [0.1, 0.15) is 0 Å². The molecule has 1 aliphatic rings. The summed E-state index contributed by atoms with van der Waals surface area (Å²) in [5.41, 5.74) is 6.96. The maximum Gasteiger partial charge on any atom is 0.165 e. The van der Waals surface area contributed by atoms with Crippen LogP contribution in [0.15, 0.2) is 24.3 Å². The first-order valence-corrected chi connectivity index (χ1v) is 5.76. The molecule has 3 nitrogen and oxygen atoms in total. The number of nitrogen functional groups attached to an aromatic ring is 1. The van der Waals surface area contributed by atoms with E-state index in [4.69, 9.17) is 10.5 Å². The molecule has 3 heteroatoms. The summed E-state index contributed by atoms with van der Waals surface area (Å²) in [6.45, 7) is 0.840. The Balaban J connectivity index is 1.90. The topological polar surface area (TPSA) is 52.3 Å². The molecule has 0 aromatic heterocycles. The molecule has 0 radical (unpaired) electrons. The molecule has 1 saturated heterocycles. The second kappa shape index (κ2) is 5.12. The maximum absolute atomic E-state index is 11.9. The number of carbonyl (C=O) groups is 1. The Morgan fingerprint density at radius 1 is 1.44 bits per heavy atom. The highest BCUT2D eigenvalue weighted by Gasteiger charge is 2.17. The molecule has 1 atom stereocenters. The van der Waals surface area contributed by atoms with Crippen LogP contribution in [0, 0.1) is 0 Å². The van der Waals surface area contributed by atoms with Crippen LogP contribution in [-0.4, -0.2) is 18.5 Å². The van der Waals surface area contributed by atoms with Crippen LogP contribution in [0.3, 0.4) is 0 Å². The summed E-state index contributed by atoms with van der Waals surface area (Å²) in [5, 5.41) is 0. The van der Waals surface area contributed by atoms with Gasteiger partial charge >= 0.3 is 0 Å². The van der Waals surface area contributed by atoms with Gasteiger partial charge in [0.05, 0.1) is 6.10 Å². The Hall–Kier alpha value is -1.35. The highest BCUT2D eigenvalue weighted by Crippen LogP contribution is 2.20. The first-order valence-electron chi connectivity index (χ1n) is 5.76. The number of benzene rings is 1. The molecule has 1 heterocycles. The minimum absolute atomic E-state index is 0.119. The molecule has 1 aliphatic heterocycles. The molecular formula is C13H17NO2. The van der Waals surface area contributed by atoms with Gasteiger partial charge in [-0.3, -0.25) is 4.79 Å². The van der Waals surface area contributed by atoms with Crippen LogP contribution < -0.4 is 5.73 Å². The third-order valence-corrected chi connectivity index (χ3v) is 2.98. The SMILES string of the molecule is Nc1ccccc1C(=O)CCC1CCCO1. The van der Waals surface area contributed by atoms with Gasteiger partial charge in [-0.1, -0.05) is 12.1 Å². The van der Waals surface area contributed by atoms with Gasteiger partial charge in [-0.15, -0.1) is 0 Å². The molecule has 0 saturated carbocycles. The van der Waals surface area contributed by atoms with Gasteiger partial charge in [-0.25, -0.2) is 0 Å². The Morgan fingerprint density at radius 3 is 2.94 bits per heavy atom. The molecular weight excluding hydrogens is 202 g/mol. The molecule has 1 aromatic rings. The van der Waals surface area contributed by atoms with Crippen molar-refractivity contribution in [3.63, 3.8) is 0 Å². The predicted octanol–water partition coefficient (Wildman–Crippen LogP) is 2.41. The minimum atomic E-state index is 0.119. The van der Waals surface area contributed by atoms with Crippen molar-refractivity contribution in [2.24, 2.45) is 0 Å². The van der Waals surface area contributed by atoms with E-state index >= 15 is 0 Å². The van der Waals surface area contributed by atoms with Crippen molar-refractivity contribution in [3.05, 3.63) is 29.8 Å². The van der Waals surface area contributed by atoms with Gasteiger partial charge in [0.15, 0.2) is 5.78 Å². The first-order chi connectivity index (χ1) is 7.77. The second-order valence-corrected chi connectivity index (χ2v) is 4.18. The number of para-hydroxylation sites is 1. The molecule has 0 amide bonds. The normalized spacial score (nSPS) is 19.9. The van der Waals surface area contributed by atoms with Crippen LogP contribution in [0.4, 0.5) is 5.69 Å². The number of anilines is 1. The Labute approximate surface area is 95.6 Å². The molecule has 1 unspecified atom stereocenters. The van der Waals surface area contributed by atoms with Crippen molar-refractivity contribution < 1.29 is 9.53 Å². The second-order valence-electron chi connectivity index (χ2n) is 4.18. The number of ketones is 1. The van der Waals surface area contributed by atoms with Crippen LogP contribution in [0.5, 0.6) is 0 Å². The summed E-state index contributed by atoms with van der Waals surface area (Å²) < 4.78 is 5.49. The van der Waals surface area contributed by atoms with Crippen LogP contribution in [0.2, 0.25) is 0 Å². The summed E-state index contributed by atoms with van der Waals surface area (Å²) in [7, 11) is 0. The average molecular weight is 219 g/mol. The zero-order valence-corrected chi connectivity index (χ0v) is 9.32. The van der Waals surface area contributed by atoms with E-state index in [1.807, 2.05) is 12.1 Å². The molecule has 0 aliphatic carbocycles. The number of nitrogens with two attached hydrogens (primary N) is 1. The van der Waals surface area contributed by atoms with Crippen molar-refractivity contribution >= 4 is 11.5 Å². The van der Waals surface area contributed by atoms with E-state index in [9.17, 15) is 4.79 Å². The summed E-state index contributed by atoms with van der Waals surface area (Å²) >= 11 is 0. The quantitative estimate of drug-likeness (QED) is 0.625. The molecule has 2 N–H and O–H groups in total. The van der Waals surface area contributed by atoms with E-state index in [1.54, 1.807) is 12.1 Å². The fraction of sp³-hybridized carbons (Fsp3) is 0.462. The smallest absolute Gasteiger partial charge is 0.165 e. The summed E-state index contributed by atoms with van der Waals surface area (Å²) in [5.74, 6) is 0.119. The molecule has 1 aromatic carbocycles. The lowest BCUT2D eigenvalue weighted by atomic mass is 10.0. The number of Topliss-reactive ketones (excluding diaryl/α,β-unsaturated/α-hetero) is 1. The van der Waals surface area contributed by atoms with E-state index in [0.29, 0.717) is 17.7 Å². The lowest BCUT2D eigenvalue weighted by Gasteiger charge is -2.09. The Bertz CT molecular complexity index is 370. The van der Waals surface area contributed by atoms with Crippen molar-refractivity contribution in [2.75, 3.05) is 12.3 Å². The highest BCUT2D eigenvalue weighted by atomic mass is 16.5. The van der Waals surface area contributed by atoms with Crippen molar-refractivity contribution in [3.8, 4) is 0 Å². The first kappa shape index (κ1) is 11.1. The van der Waals surface area contributed by atoms with E-state index in [-0.39, 0.29) is 11.9 Å². The monoisotopic (exact) mass is 219 g/mol. The van der Waals surface area contributed by atoms with Gasteiger partial charge in [-0.2, -0.15) is 0 Å². The van der Waals surface area contributed by atoms with Crippen LogP contribution in [0.1, 0.15) is 36.0 Å². The third kappa shape index (κ3) is 2.61. The molecule has 0 bridgehead atoms. The molecule has 1 fully saturated rings.